The lowest BCUT2D eigenvalue weighted by molar-refractivity contribution is 0.0754. The molecule has 1 aliphatic heterocycles. The van der Waals surface area contributed by atoms with Crippen LogP contribution in [0.3, 0.4) is 0 Å². The van der Waals surface area contributed by atoms with Crippen LogP contribution < -0.4 is 4.90 Å². The normalized spacial score (nSPS) is 14.2. The Kier molecular flexibility index (Phi) is 7.28. The average Bonchev–Trinajstić information content (AvgIpc) is 2.85. The number of nitrogens with zero attached hydrogens (tertiary/aromatic N) is 5. The van der Waals surface area contributed by atoms with Crippen LogP contribution in [-0.4, -0.2) is 69.8 Å². The summed E-state index contributed by atoms with van der Waals surface area (Å²) in [5, 5.41) is 10.2. The van der Waals surface area contributed by atoms with E-state index >= 15 is 0 Å². The summed E-state index contributed by atoms with van der Waals surface area (Å²) in [5.74, 6) is 0.586. The maximum atomic E-state index is 13.1. The molecule has 0 bridgehead atoms. The zero-order valence-corrected chi connectivity index (χ0v) is 20.1. The third-order valence-electron chi connectivity index (χ3n) is 5.22. The largest absolute Gasteiger partial charge is 0.465 e. The molecule has 0 saturated heterocycles. The number of rotatable bonds is 6. The van der Waals surface area contributed by atoms with E-state index in [0.717, 1.165) is 11.1 Å². The van der Waals surface area contributed by atoms with Gasteiger partial charge in [0.25, 0.3) is 5.91 Å². The van der Waals surface area contributed by atoms with Crippen LogP contribution >= 0.6 is 11.8 Å². The second-order valence-electron chi connectivity index (χ2n) is 9.26. The van der Waals surface area contributed by atoms with Crippen molar-refractivity contribution in [1.82, 2.24) is 19.8 Å². The number of benzene rings is 1. The summed E-state index contributed by atoms with van der Waals surface area (Å²) in [5.41, 5.74) is 2.31. The molecule has 0 atom stereocenters. The standard InChI is InChI=1S/C23H31N5O3S/c1-23(2,3)15-28(22(30)31)14-17-8-6-16(7-9-17)13-27-11-10-26(4)19-18(20(27)29)12-24-21(25-19)32-5/h6-9,12H,10-11,13-15H2,1-5H3,(H,30,31). The van der Waals surface area contributed by atoms with Gasteiger partial charge in [0.2, 0.25) is 0 Å². The molecule has 1 aliphatic rings. The summed E-state index contributed by atoms with van der Waals surface area (Å²) in [7, 11) is 1.94. The van der Waals surface area contributed by atoms with Crippen LogP contribution in [0.15, 0.2) is 35.6 Å². The van der Waals surface area contributed by atoms with Crippen molar-refractivity contribution in [2.75, 3.05) is 37.8 Å². The van der Waals surface area contributed by atoms with Crippen molar-refractivity contribution in [3.05, 3.63) is 47.2 Å². The number of fused-ring (bicyclic) bond motifs is 1. The molecule has 172 valence electrons. The molecule has 1 N–H and O–H groups in total. The molecule has 2 amide bonds. The van der Waals surface area contributed by atoms with Crippen molar-refractivity contribution in [2.45, 2.75) is 39.0 Å². The molecule has 0 aliphatic carbocycles. The fourth-order valence-electron chi connectivity index (χ4n) is 3.65. The van der Waals surface area contributed by atoms with Crippen molar-refractivity contribution < 1.29 is 14.7 Å². The van der Waals surface area contributed by atoms with E-state index in [1.165, 1.54) is 16.7 Å². The Morgan fingerprint density at radius 1 is 1.19 bits per heavy atom. The molecule has 0 saturated carbocycles. The van der Waals surface area contributed by atoms with Gasteiger partial charge in [-0.3, -0.25) is 4.79 Å². The van der Waals surface area contributed by atoms with Gasteiger partial charge in [-0.1, -0.05) is 56.8 Å². The molecule has 0 spiro atoms. The van der Waals surface area contributed by atoms with Gasteiger partial charge < -0.3 is 19.8 Å². The van der Waals surface area contributed by atoms with Gasteiger partial charge in [0.15, 0.2) is 5.16 Å². The van der Waals surface area contributed by atoms with E-state index in [9.17, 15) is 14.7 Å². The van der Waals surface area contributed by atoms with Crippen molar-refractivity contribution in [2.24, 2.45) is 5.41 Å². The van der Waals surface area contributed by atoms with Crippen LogP contribution in [0.25, 0.3) is 0 Å². The number of aromatic nitrogens is 2. The van der Waals surface area contributed by atoms with Crippen molar-refractivity contribution in [3.63, 3.8) is 0 Å². The van der Waals surface area contributed by atoms with Crippen LogP contribution in [-0.2, 0) is 13.1 Å². The number of hydrogen-bond donors (Lipinski definition) is 1. The minimum absolute atomic E-state index is 0.0803. The fraction of sp³-hybridized carbons (Fsp3) is 0.478. The second kappa shape index (κ2) is 9.77. The highest BCUT2D eigenvalue weighted by Gasteiger charge is 2.27. The van der Waals surface area contributed by atoms with E-state index in [0.29, 0.717) is 49.3 Å². The maximum absolute atomic E-state index is 13.1. The number of anilines is 1. The van der Waals surface area contributed by atoms with Crippen molar-refractivity contribution in [3.8, 4) is 0 Å². The summed E-state index contributed by atoms with van der Waals surface area (Å²) in [6.07, 6.45) is 2.60. The molecule has 0 unspecified atom stereocenters. The van der Waals surface area contributed by atoms with Crippen molar-refractivity contribution in [1.29, 1.82) is 0 Å². The molecule has 9 heteroatoms. The zero-order chi connectivity index (χ0) is 23.5. The molecular weight excluding hydrogens is 426 g/mol. The molecule has 1 aromatic carbocycles. The minimum Gasteiger partial charge on any atom is -0.465 e. The molecule has 8 nitrogen and oxygen atoms in total. The first-order valence-electron chi connectivity index (χ1n) is 10.5. The molecule has 1 aromatic heterocycles. The highest BCUT2D eigenvalue weighted by Crippen LogP contribution is 2.25. The first-order valence-corrected chi connectivity index (χ1v) is 11.8. The highest BCUT2D eigenvalue weighted by molar-refractivity contribution is 7.98. The fourth-order valence-corrected chi connectivity index (χ4v) is 3.99. The van der Waals surface area contributed by atoms with E-state index < -0.39 is 6.09 Å². The lowest BCUT2D eigenvalue weighted by Crippen LogP contribution is -2.36. The predicted molar refractivity (Wildman–Crippen MR) is 126 cm³/mol. The number of hydrogen-bond acceptors (Lipinski definition) is 6. The topological polar surface area (TPSA) is 89.9 Å². The second-order valence-corrected chi connectivity index (χ2v) is 10.0. The third-order valence-corrected chi connectivity index (χ3v) is 5.78. The van der Waals surface area contributed by atoms with Gasteiger partial charge >= 0.3 is 6.09 Å². The SMILES string of the molecule is CSc1ncc2c(n1)N(C)CCN(Cc1ccc(CN(CC(C)(C)C)C(=O)O)cc1)C2=O. The summed E-state index contributed by atoms with van der Waals surface area (Å²) in [6.45, 7) is 8.60. The Balaban J connectivity index is 1.72. The lowest BCUT2D eigenvalue weighted by Gasteiger charge is -2.28. The molecule has 32 heavy (non-hydrogen) atoms. The summed E-state index contributed by atoms with van der Waals surface area (Å²) < 4.78 is 0. The van der Waals surface area contributed by atoms with Gasteiger partial charge in [-0.2, -0.15) is 0 Å². The molecule has 0 fully saturated rings. The Morgan fingerprint density at radius 3 is 2.44 bits per heavy atom. The number of carbonyl (C=O) groups is 2. The molecular formula is C23H31N5O3S. The van der Waals surface area contributed by atoms with E-state index in [4.69, 9.17) is 0 Å². The van der Waals surface area contributed by atoms with E-state index in [2.05, 4.69) is 9.97 Å². The smallest absolute Gasteiger partial charge is 0.407 e. The Hall–Kier alpha value is -2.81. The van der Waals surface area contributed by atoms with Gasteiger partial charge in [-0.15, -0.1) is 0 Å². The summed E-state index contributed by atoms with van der Waals surface area (Å²) in [6, 6.07) is 7.79. The van der Waals surface area contributed by atoms with E-state index in [1.807, 2.05) is 68.1 Å². The first-order chi connectivity index (χ1) is 15.1. The number of carbonyl (C=O) groups excluding carboxylic acids is 1. The number of carboxylic acid groups (broad SMARTS) is 1. The number of thioether (sulfide) groups is 1. The summed E-state index contributed by atoms with van der Waals surface area (Å²) in [4.78, 5) is 38.8. The van der Waals surface area contributed by atoms with Gasteiger partial charge in [0.1, 0.15) is 11.4 Å². The zero-order valence-electron chi connectivity index (χ0n) is 19.3. The third kappa shape index (κ3) is 5.91. The first kappa shape index (κ1) is 23.8. The Morgan fingerprint density at radius 2 is 1.84 bits per heavy atom. The van der Waals surface area contributed by atoms with Gasteiger partial charge in [0.05, 0.1) is 0 Å². The molecule has 0 radical (unpaired) electrons. The van der Waals surface area contributed by atoms with Gasteiger partial charge in [0, 0.05) is 46.0 Å². The average molecular weight is 458 g/mol. The van der Waals surface area contributed by atoms with Crippen LogP contribution in [0.4, 0.5) is 10.6 Å². The van der Waals surface area contributed by atoms with Crippen LogP contribution in [0.2, 0.25) is 0 Å². The maximum Gasteiger partial charge on any atom is 0.407 e. The van der Waals surface area contributed by atoms with Gasteiger partial charge in [-0.25, -0.2) is 14.8 Å². The van der Waals surface area contributed by atoms with Crippen LogP contribution in [0.5, 0.6) is 0 Å². The highest BCUT2D eigenvalue weighted by atomic mass is 32.2. The predicted octanol–water partition coefficient (Wildman–Crippen LogP) is 3.82. The molecule has 3 rings (SSSR count). The Labute approximate surface area is 193 Å². The lowest BCUT2D eigenvalue weighted by atomic mass is 9.96. The van der Waals surface area contributed by atoms with E-state index in [-0.39, 0.29) is 11.3 Å². The van der Waals surface area contributed by atoms with Gasteiger partial charge in [-0.05, 0) is 22.8 Å². The van der Waals surface area contributed by atoms with E-state index in [1.54, 1.807) is 6.20 Å². The number of amides is 2. The van der Waals surface area contributed by atoms with Crippen LogP contribution in [0, 0.1) is 5.41 Å². The van der Waals surface area contributed by atoms with Crippen LogP contribution in [0.1, 0.15) is 42.3 Å². The minimum atomic E-state index is -0.922. The number of likely N-dealkylation sites (N-methyl/N-ethyl adjacent to an activating group) is 1. The quantitative estimate of drug-likeness (QED) is 0.521. The van der Waals surface area contributed by atoms with Crippen molar-refractivity contribution >= 4 is 29.6 Å². The molecule has 2 heterocycles. The Bertz CT molecular complexity index is 975. The summed E-state index contributed by atoms with van der Waals surface area (Å²) >= 11 is 1.45. The monoisotopic (exact) mass is 457 g/mol. The molecule has 2 aromatic rings.